The lowest BCUT2D eigenvalue weighted by Crippen LogP contribution is -2.34. The fourth-order valence-electron chi connectivity index (χ4n) is 2.82. The van der Waals surface area contributed by atoms with Gasteiger partial charge < -0.3 is 0 Å². The van der Waals surface area contributed by atoms with E-state index in [-0.39, 0.29) is 0 Å². The first-order valence-electron chi connectivity index (χ1n) is 6.61. The second-order valence-corrected chi connectivity index (χ2v) is 5.08. The van der Waals surface area contributed by atoms with Gasteiger partial charge in [0.2, 0.25) is 6.04 Å². The van der Waals surface area contributed by atoms with Crippen molar-refractivity contribution in [3.8, 4) is 0 Å². The van der Waals surface area contributed by atoms with Crippen LogP contribution in [0, 0.1) is 0 Å². The van der Waals surface area contributed by atoms with Gasteiger partial charge in [-0.25, -0.2) is 0 Å². The summed E-state index contributed by atoms with van der Waals surface area (Å²) >= 11 is 0. The van der Waals surface area contributed by atoms with E-state index in [0.29, 0.717) is 12.1 Å². The third kappa shape index (κ3) is 3.18. The molecule has 0 unspecified atom stereocenters. The molecule has 2 aliphatic rings. The Kier molecular flexibility index (Phi) is 3.98. The zero-order valence-corrected chi connectivity index (χ0v) is 9.70. The van der Waals surface area contributed by atoms with E-state index in [4.69, 9.17) is 5.84 Å². The van der Waals surface area contributed by atoms with Gasteiger partial charge in [-0.05, 0) is 35.6 Å². The summed E-state index contributed by atoms with van der Waals surface area (Å²) in [6, 6.07) is 1.05. The Balaban J connectivity index is 1.86. The number of hydrazine groups is 1. The molecule has 2 saturated carbocycles. The van der Waals surface area contributed by atoms with Crippen LogP contribution in [0.15, 0.2) is 5.11 Å². The van der Waals surface area contributed by atoms with Gasteiger partial charge in [0.05, 0.1) is 0 Å². The van der Waals surface area contributed by atoms with Crippen LogP contribution in [0.5, 0.6) is 0 Å². The average molecular weight is 210 g/mol. The van der Waals surface area contributed by atoms with Crippen LogP contribution in [-0.2, 0) is 0 Å². The van der Waals surface area contributed by atoms with Crippen molar-refractivity contribution < 1.29 is 4.81 Å². The molecule has 0 aromatic rings. The van der Waals surface area contributed by atoms with Crippen LogP contribution in [0.2, 0.25) is 0 Å². The summed E-state index contributed by atoms with van der Waals surface area (Å²) in [5, 5.41) is 4.67. The summed E-state index contributed by atoms with van der Waals surface area (Å²) in [6.07, 6.45) is 13.1. The smallest absolute Gasteiger partial charge is 0.186 e. The molecule has 0 aromatic carbocycles. The average Bonchev–Trinajstić information content (AvgIpc) is 2.31. The number of hydrogen-bond acceptors (Lipinski definition) is 1. The summed E-state index contributed by atoms with van der Waals surface area (Å²) < 4.78 is 0. The molecule has 2 fully saturated rings. The minimum Gasteiger partial charge on any atom is -0.186 e. The van der Waals surface area contributed by atoms with Crippen LogP contribution in [-0.4, -0.2) is 16.9 Å². The number of azo groups is 1. The van der Waals surface area contributed by atoms with Crippen LogP contribution in [0.25, 0.3) is 0 Å². The number of nitrogens with two attached hydrogens (primary N) is 1. The zero-order valence-electron chi connectivity index (χ0n) is 9.70. The van der Waals surface area contributed by atoms with Gasteiger partial charge in [-0.2, -0.15) is 5.84 Å². The number of rotatable bonds is 2. The third-order valence-corrected chi connectivity index (χ3v) is 3.82. The molecule has 0 aromatic heterocycles. The second-order valence-electron chi connectivity index (χ2n) is 5.08. The number of hydrogen-bond donors (Lipinski definition) is 1. The van der Waals surface area contributed by atoms with E-state index in [2.05, 4.69) is 5.11 Å². The lowest BCUT2D eigenvalue weighted by Gasteiger charge is -2.18. The summed E-state index contributed by atoms with van der Waals surface area (Å²) in [5.41, 5.74) is 0. The monoisotopic (exact) mass is 210 g/mol. The Labute approximate surface area is 92.7 Å². The normalized spacial score (nSPS) is 26.8. The fourth-order valence-corrected chi connectivity index (χ4v) is 2.82. The summed E-state index contributed by atoms with van der Waals surface area (Å²) in [5.74, 6) is 6.05. The van der Waals surface area contributed by atoms with Crippen LogP contribution in [0.3, 0.4) is 0 Å². The van der Waals surface area contributed by atoms with Crippen molar-refractivity contribution in [3.05, 3.63) is 0 Å². The van der Waals surface area contributed by atoms with Crippen LogP contribution >= 0.6 is 0 Å². The van der Waals surface area contributed by atoms with Gasteiger partial charge in [-0.1, -0.05) is 25.7 Å². The first kappa shape index (κ1) is 10.9. The molecule has 3 nitrogen and oxygen atoms in total. The molecule has 2 N–H and O–H groups in total. The molecule has 0 amide bonds. The summed E-state index contributed by atoms with van der Waals surface area (Å²) in [6.45, 7) is 0. The van der Waals surface area contributed by atoms with Gasteiger partial charge in [0.25, 0.3) is 0 Å². The van der Waals surface area contributed by atoms with E-state index in [1.54, 1.807) is 4.81 Å². The van der Waals surface area contributed by atoms with Crippen LogP contribution in [0.4, 0.5) is 0 Å². The Morgan fingerprint density at radius 2 is 1.33 bits per heavy atom. The van der Waals surface area contributed by atoms with E-state index in [0.717, 1.165) is 0 Å². The van der Waals surface area contributed by atoms with Crippen molar-refractivity contribution >= 4 is 0 Å². The van der Waals surface area contributed by atoms with Gasteiger partial charge >= 0.3 is 0 Å². The molecule has 0 spiro atoms. The lowest BCUT2D eigenvalue weighted by atomic mass is 9.95. The maximum Gasteiger partial charge on any atom is 0.208 e. The molecular formula is C12H24N3+. The zero-order chi connectivity index (χ0) is 10.5. The molecule has 86 valence electrons. The molecule has 15 heavy (non-hydrogen) atoms. The quantitative estimate of drug-likeness (QED) is 0.324. The highest BCUT2D eigenvalue weighted by Gasteiger charge is 2.25. The highest BCUT2D eigenvalue weighted by Crippen LogP contribution is 2.23. The van der Waals surface area contributed by atoms with E-state index in [9.17, 15) is 0 Å². The Morgan fingerprint density at radius 1 is 0.800 bits per heavy atom. The minimum absolute atomic E-state index is 0.519. The highest BCUT2D eigenvalue weighted by atomic mass is 15.5. The lowest BCUT2D eigenvalue weighted by molar-refractivity contribution is -0.645. The predicted octanol–water partition coefficient (Wildman–Crippen LogP) is 2.99. The largest absolute Gasteiger partial charge is 0.208 e. The van der Waals surface area contributed by atoms with Crippen LogP contribution in [0.1, 0.15) is 64.2 Å². The third-order valence-electron chi connectivity index (χ3n) is 3.82. The van der Waals surface area contributed by atoms with E-state index in [1.165, 1.54) is 64.2 Å². The summed E-state index contributed by atoms with van der Waals surface area (Å²) in [4.78, 5) is 1.80. The molecule has 0 radical (unpaired) electrons. The van der Waals surface area contributed by atoms with Crippen molar-refractivity contribution in [1.29, 1.82) is 0 Å². The first-order valence-corrected chi connectivity index (χ1v) is 6.61. The van der Waals surface area contributed by atoms with Crippen molar-refractivity contribution in [2.75, 3.05) is 0 Å². The Bertz CT molecular complexity index is 213. The second kappa shape index (κ2) is 5.47. The van der Waals surface area contributed by atoms with Gasteiger partial charge in [0, 0.05) is 12.8 Å². The standard InChI is InChI=1S/C12H24N3/c13-15(12-9-5-2-6-10-12)14-11-7-3-1-4-8-11/h11-12H,1-10H2,(H2,13,14)/q+1. The molecule has 2 aliphatic carbocycles. The maximum absolute atomic E-state index is 6.05. The van der Waals surface area contributed by atoms with Crippen molar-refractivity contribution in [1.82, 2.24) is 0 Å². The molecule has 0 bridgehead atoms. The van der Waals surface area contributed by atoms with E-state index in [1.807, 2.05) is 0 Å². The first-order chi connectivity index (χ1) is 7.36. The molecular weight excluding hydrogens is 186 g/mol. The van der Waals surface area contributed by atoms with Gasteiger partial charge in [0.1, 0.15) is 6.04 Å². The highest BCUT2D eigenvalue weighted by molar-refractivity contribution is 4.69. The SMILES string of the molecule is N[N+](=NC1CCCCC1)C1CCCCC1. The molecule has 0 aliphatic heterocycles. The van der Waals surface area contributed by atoms with Gasteiger partial charge in [-0.15, -0.1) is 0 Å². The minimum atomic E-state index is 0.519. The molecule has 0 atom stereocenters. The Morgan fingerprint density at radius 3 is 1.93 bits per heavy atom. The summed E-state index contributed by atoms with van der Waals surface area (Å²) in [7, 11) is 0. The van der Waals surface area contributed by atoms with Crippen molar-refractivity contribution in [2.24, 2.45) is 11.0 Å². The molecule has 0 heterocycles. The molecule has 3 heteroatoms. The van der Waals surface area contributed by atoms with Crippen LogP contribution < -0.4 is 5.84 Å². The molecule has 2 rings (SSSR count). The van der Waals surface area contributed by atoms with Crippen molar-refractivity contribution in [3.63, 3.8) is 0 Å². The van der Waals surface area contributed by atoms with E-state index >= 15 is 0 Å². The maximum atomic E-state index is 6.05. The predicted molar refractivity (Wildman–Crippen MR) is 60.6 cm³/mol. The topological polar surface area (TPSA) is 41.4 Å². The van der Waals surface area contributed by atoms with Crippen molar-refractivity contribution in [2.45, 2.75) is 76.3 Å². The molecule has 0 saturated heterocycles. The Hall–Kier alpha value is -0.600. The van der Waals surface area contributed by atoms with E-state index < -0.39 is 0 Å². The van der Waals surface area contributed by atoms with Gasteiger partial charge in [-0.3, -0.25) is 0 Å². The number of nitrogens with zero attached hydrogens (tertiary/aromatic N) is 2. The fraction of sp³-hybridized carbons (Fsp3) is 1.00. The van der Waals surface area contributed by atoms with Gasteiger partial charge in [0.15, 0.2) is 0 Å².